The normalized spacial score (nSPS) is 14.8. The van der Waals surface area contributed by atoms with Gasteiger partial charge in [-0.3, -0.25) is 4.79 Å². The summed E-state index contributed by atoms with van der Waals surface area (Å²) in [7, 11) is 0. The Morgan fingerprint density at radius 1 is 1.22 bits per heavy atom. The lowest BCUT2D eigenvalue weighted by Gasteiger charge is -2.17. The third kappa shape index (κ3) is 3.66. The van der Waals surface area contributed by atoms with Gasteiger partial charge in [-0.2, -0.15) is 9.78 Å². The van der Waals surface area contributed by atoms with E-state index in [-0.39, 0.29) is 11.5 Å². The molecule has 1 aliphatic rings. The Labute approximate surface area is 184 Å². The number of hydrogen-bond donors (Lipinski definition) is 2. The van der Waals surface area contributed by atoms with Crippen LogP contribution in [0.3, 0.4) is 0 Å². The van der Waals surface area contributed by atoms with Crippen LogP contribution >= 0.6 is 11.3 Å². The molecule has 0 unspecified atom stereocenters. The average molecular weight is 456 g/mol. The van der Waals surface area contributed by atoms with Gasteiger partial charge in [0.15, 0.2) is 5.82 Å². The van der Waals surface area contributed by atoms with Gasteiger partial charge >= 0.3 is 0 Å². The van der Waals surface area contributed by atoms with E-state index in [0.717, 1.165) is 29.7 Å². The summed E-state index contributed by atoms with van der Waals surface area (Å²) >= 11 is 1.09. The van der Waals surface area contributed by atoms with Crippen LogP contribution in [-0.4, -0.2) is 35.6 Å². The van der Waals surface area contributed by atoms with Crippen LogP contribution in [0.2, 0.25) is 0 Å². The molecule has 1 fully saturated rings. The summed E-state index contributed by atoms with van der Waals surface area (Å²) in [6, 6.07) is 2.59. The van der Waals surface area contributed by atoms with Crippen molar-refractivity contribution < 1.29 is 13.6 Å². The van der Waals surface area contributed by atoms with E-state index < -0.39 is 18.4 Å². The van der Waals surface area contributed by atoms with E-state index in [0.29, 0.717) is 32.6 Å². The first kappa shape index (κ1) is 20.4. The number of anilines is 1. The summed E-state index contributed by atoms with van der Waals surface area (Å²) < 4.78 is 28.6. The number of hydrogen-bond acceptors (Lipinski definition) is 8. The van der Waals surface area contributed by atoms with Gasteiger partial charge in [0.2, 0.25) is 5.13 Å². The molecule has 1 aromatic carbocycles. The highest BCUT2D eigenvalue weighted by Crippen LogP contribution is 2.44. The molecule has 1 amide bonds. The molecule has 12 heteroatoms. The van der Waals surface area contributed by atoms with Gasteiger partial charge in [0, 0.05) is 10.9 Å². The number of nitrogens with one attached hydrogen (secondary N) is 1. The predicted molar refractivity (Wildman–Crippen MR) is 114 cm³/mol. The minimum Gasteiger partial charge on any atom is -0.365 e. The third-order valence-corrected chi connectivity index (χ3v) is 6.28. The van der Waals surface area contributed by atoms with Crippen molar-refractivity contribution in [1.29, 1.82) is 0 Å². The maximum absolute atomic E-state index is 13.6. The minimum atomic E-state index is -2.59. The lowest BCUT2D eigenvalue weighted by atomic mass is 10.0. The second-order valence-electron chi connectivity index (χ2n) is 7.57. The van der Waals surface area contributed by atoms with Crippen LogP contribution in [0.1, 0.15) is 64.8 Å². The second-order valence-corrected chi connectivity index (χ2v) is 8.58. The second kappa shape index (κ2) is 7.86. The number of amides is 1. The number of rotatable bonds is 7. The fraction of sp³-hybridized carbons (Fsp3) is 0.300. The van der Waals surface area contributed by atoms with E-state index in [2.05, 4.69) is 30.4 Å². The molecule has 0 spiro atoms. The third-order valence-electron chi connectivity index (χ3n) is 5.29. The Balaban J connectivity index is 1.51. The Bertz CT molecular complexity index is 1320. The topological polar surface area (TPSA) is 124 Å². The van der Waals surface area contributed by atoms with Crippen molar-refractivity contribution in [2.24, 2.45) is 5.73 Å². The number of carbonyl (C=O) groups excluding carboxylic acids is 1. The predicted octanol–water partition coefficient (Wildman–Crippen LogP) is 3.75. The zero-order chi connectivity index (χ0) is 22.4. The monoisotopic (exact) mass is 456 g/mol. The molecule has 0 aliphatic heterocycles. The SMILES string of the molecule is C[C@H](Nc1ncnc2c(C3CC3)cc(C(F)F)cc12)c1ncnn1-c1ncc(C(N)=O)s1. The summed E-state index contributed by atoms with van der Waals surface area (Å²) in [6.45, 7) is 1.84. The highest BCUT2D eigenvalue weighted by Gasteiger charge is 2.28. The largest absolute Gasteiger partial charge is 0.365 e. The van der Waals surface area contributed by atoms with Crippen molar-refractivity contribution in [3.05, 3.63) is 52.8 Å². The molecule has 3 N–H and O–H groups in total. The first-order valence-electron chi connectivity index (χ1n) is 9.91. The number of alkyl halides is 2. The summed E-state index contributed by atoms with van der Waals surface area (Å²) in [5, 5.41) is 8.41. The molecular formula is C20H18F2N8OS. The van der Waals surface area contributed by atoms with Gasteiger partial charge in [0.05, 0.1) is 17.8 Å². The van der Waals surface area contributed by atoms with Crippen LogP contribution in [0, 0.1) is 0 Å². The average Bonchev–Trinajstić information content (AvgIpc) is 3.28. The number of carbonyl (C=O) groups is 1. The summed E-state index contributed by atoms with van der Waals surface area (Å²) in [4.78, 5) is 28.9. The van der Waals surface area contributed by atoms with Crippen molar-refractivity contribution in [2.45, 2.75) is 38.2 Å². The molecule has 0 radical (unpaired) electrons. The number of benzene rings is 1. The summed E-state index contributed by atoms with van der Waals surface area (Å²) in [6.07, 6.45) is 3.53. The van der Waals surface area contributed by atoms with Crippen LogP contribution < -0.4 is 11.1 Å². The number of fused-ring (bicyclic) bond motifs is 1. The van der Waals surface area contributed by atoms with E-state index >= 15 is 0 Å². The summed E-state index contributed by atoms with van der Waals surface area (Å²) in [5.74, 6) is 0.618. The van der Waals surface area contributed by atoms with Gasteiger partial charge in [-0.05, 0) is 43.4 Å². The van der Waals surface area contributed by atoms with Gasteiger partial charge in [-0.25, -0.2) is 28.7 Å². The van der Waals surface area contributed by atoms with Gasteiger partial charge in [-0.15, -0.1) is 0 Å². The number of aromatic nitrogens is 6. The summed E-state index contributed by atoms with van der Waals surface area (Å²) in [5.41, 5.74) is 6.77. The quantitative estimate of drug-likeness (QED) is 0.434. The van der Waals surface area contributed by atoms with Gasteiger partial charge in [-0.1, -0.05) is 11.3 Å². The molecule has 1 aliphatic carbocycles. The van der Waals surface area contributed by atoms with Crippen LogP contribution in [0.25, 0.3) is 16.0 Å². The van der Waals surface area contributed by atoms with E-state index in [4.69, 9.17) is 5.73 Å². The van der Waals surface area contributed by atoms with E-state index in [1.807, 2.05) is 6.92 Å². The zero-order valence-corrected chi connectivity index (χ0v) is 17.7. The van der Waals surface area contributed by atoms with E-state index in [1.165, 1.54) is 29.6 Å². The molecule has 1 saturated carbocycles. The maximum Gasteiger partial charge on any atom is 0.263 e. The Morgan fingerprint density at radius 3 is 2.72 bits per heavy atom. The number of nitrogens with zero attached hydrogens (tertiary/aromatic N) is 6. The number of halogens is 2. The molecule has 0 bridgehead atoms. The lowest BCUT2D eigenvalue weighted by molar-refractivity contribution is 0.100. The smallest absolute Gasteiger partial charge is 0.263 e. The highest BCUT2D eigenvalue weighted by atomic mass is 32.1. The van der Waals surface area contributed by atoms with Crippen molar-refractivity contribution >= 4 is 34.0 Å². The minimum absolute atomic E-state index is 0.0464. The van der Waals surface area contributed by atoms with E-state index in [9.17, 15) is 13.6 Å². The van der Waals surface area contributed by atoms with Crippen molar-refractivity contribution in [1.82, 2.24) is 29.7 Å². The van der Waals surface area contributed by atoms with Crippen molar-refractivity contribution in [3.63, 3.8) is 0 Å². The highest BCUT2D eigenvalue weighted by molar-refractivity contribution is 7.16. The Kier molecular flexibility index (Phi) is 5.00. The fourth-order valence-corrected chi connectivity index (χ4v) is 4.34. The zero-order valence-electron chi connectivity index (χ0n) is 16.9. The van der Waals surface area contributed by atoms with Crippen LogP contribution in [0.4, 0.5) is 14.6 Å². The first-order chi connectivity index (χ1) is 15.4. The molecule has 5 rings (SSSR count). The molecule has 32 heavy (non-hydrogen) atoms. The van der Waals surface area contributed by atoms with Crippen LogP contribution in [-0.2, 0) is 0 Å². The van der Waals surface area contributed by atoms with E-state index in [1.54, 1.807) is 6.07 Å². The molecular weight excluding hydrogens is 438 g/mol. The van der Waals surface area contributed by atoms with Crippen molar-refractivity contribution in [2.75, 3.05) is 5.32 Å². The first-order valence-corrected chi connectivity index (χ1v) is 10.7. The number of primary amides is 1. The molecule has 0 saturated heterocycles. The molecule has 3 heterocycles. The lowest BCUT2D eigenvalue weighted by Crippen LogP contribution is -2.15. The Hall–Kier alpha value is -3.54. The Morgan fingerprint density at radius 2 is 2.03 bits per heavy atom. The molecule has 3 aromatic heterocycles. The van der Waals surface area contributed by atoms with Crippen LogP contribution in [0.5, 0.6) is 0 Å². The molecule has 4 aromatic rings. The fourth-order valence-electron chi connectivity index (χ4n) is 3.60. The molecule has 164 valence electrons. The maximum atomic E-state index is 13.6. The number of nitrogens with two attached hydrogens (primary N) is 1. The van der Waals surface area contributed by atoms with Gasteiger partial charge in [0.1, 0.15) is 23.3 Å². The molecule has 9 nitrogen and oxygen atoms in total. The standard InChI is InChI=1S/C20H18F2N8OS/c1-9(19-27-8-28-30(19)20-24-6-14(32-20)17(23)31)29-18-13-5-11(16(21)22)4-12(10-2-3-10)15(13)25-7-26-18/h4-10,16H,2-3H2,1H3,(H2,23,31)(H,25,26,29)/t9-/m0/s1. The van der Waals surface area contributed by atoms with Gasteiger partial charge in [0.25, 0.3) is 12.3 Å². The van der Waals surface area contributed by atoms with Gasteiger partial charge < -0.3 is 11.1 Å². The van der Waals surface area contributed by atoms with Crippen molar-refractivity contribution in [3.8, 4) is 5.13 Å². The van der Waals surface area contributed by atoms with Crippen LogP contribution in [0.15, 0.2) is 31.0 Å². The molecule has 1 atom stereocenters. The number of thiazole rings is 1.